The number of ketones is 1. The molecule has 2 rings (SSSR count). The van der Waals surface area contributed by atoms with Crippen LogP contribution in [0.1, 0.15) is 30.0 Å². The molecule has 1 heterocycles. The smallest absolute Gasteiger partial charge is 0.220 e. The van der Waals surface area contributed by atoms with Crippen LogP contribution in [0.15, 0.2) is 22.6 Å². The van der Waals surface area contributed by atoms with E-state index in [1.165, 1.54) is 0 Å². The van der Waals surface area contributed by atoms with Crippen molar-refractivity contribution in [2.24, 2.45) is 0 Å². The first-order valence-electron chi connectivity index (χ1n) is 6.46. The van der Waals surface area contributed by atoms with E-state index in [1.807, 2.05) is 30.4 Å². The number of aryl methyl sites for hydroxylation is 1. The van der Waals surface area contributed by atoms with Crippen LogP contribution in [0, 0.1) is 6.92 Å². The summed E-state index contributed by atoms with van der Waals surface area (Å²) in [7, 11) is 1.61. The Kier molecular flexibility index (Phi) is 3.90. The van der Waals surface area contributed by atoms with E-state index in [2.05, 4.69) is 13.8 Å². The number of nitrogens with two attached hydrogens (primary N) is 1. The molecule has 0 aliphatic carbocycles. The van der Waals surface area contributed by atoms with E-state index in [1.54, 1.807) is 7.11 Å². The molecule has 0 spiro atoms. The van der Waals surface area contributed by atoms with Gasteiger partial charge >= 0.3 is 0 Å². The van der Waals surface area contributed by atoms with Crippen LogP contribution in [0.5, 0.6) is 5.75 Å². The summed E-state index contributed by atoms with van der Waals surface area (Å²) in [5.74, 6) is 1.50. The van der Waals surface area contributed by atoms with Crippen molar-refractivity contribution in [2.45, 2.75) is 26.8 Å². The van der Waals surface area contributed by atoms with E-state index in [4.69, 9.17) is 9.15 Å². The average molecular weight is 262 g/mol. The van der Waals surface area contributed by atoms with Gasteiger partial charge in [-0.15, -0.1) is 0 Å². The number of hydrogen-bond acceptors (Lipinski definition) is 3. The van der Waals surface area contributed by atoms with Crippen molar-refractivity contribution in [3.8, 4) is 5.75 Å². The molecule has 0 bridgehead atoms. The Morgan fingerprint density at radius 3 is 2.79 bits per heavy atom. The van der Waals surface area contributed by atoms with Crippen molar-refractivity contribution in [1.82, 2.24) is 0 Å². The Morgan fingerprint density at radius 1 is 1.42 bits per heavy atom. The summed E-state index contributed by atoms with van der Waals surface area (Å²) in [6.45, 7) is 6.40. The normalized spacial score (nSPS) is 11.2. The first-order chi connectivity index (χ1) is 9.02. The van der Waals surface area contributed by atoms with Crippen molar-refractivity contribution in [1.29, 1.82) is 0 Å². The number of Topliss-reactive ketones (excluding diaryl/α,β-unsaturated/α-hetero) is 1. The molecule has 102 valence electrons. The van der Waals surface area contributed by atoms with Gasteiger partial charge in [0.1, 0.15) is 23.6 Å². The molecule has 19 heavy (non-hydrogen) atoms. The maximum atomic E-state index is 12.3. The Labute approximate surface area is 112 Å². The second-order valence-electron chi connectivity index (χ2n) is 5.00. The van der Waals surface area contributed by atoms with Gasteiger partial charge in [-0.2, -0.15) is 0 Å². The molecule has 2 N–H and O–H groups in total. The summed E-state index contributed by atoms with van der Waals surface area (Å²) in [4.78, 5) is 12.3. The van der Waals surface area contributed by atoms with Gasteiger partial charge in [-0.05, 0) is 39.0 Å². The zero-order chi connectivity index (χ0) is 14.0. The van der Waals surface area contributed by atoms with E-state index in [9.17, 15) is 4.79 Å². The van der Waals surface area contributed by atoms with E-state index in [-0.39, 0.29) is 5.78 Å². The Balaban J connectivity index is 2.40. The molecular formula is C15H20NO3+. The third-order valence-corrected chi connectivity index (χ3v) is 3.12. The second kappa shape index (κ2) is 5.45. The van der Waals surface area contributed by atoms with Crippen LogP contribution in [0.2, 0.25) is 0 Å². The molecule has 4 heteroatoms. The number of benzene rings is 1. The SMILES string of the molecule is COc1ccc2oc(C)c(C(=O)C[NH2+]C(C)C)c2c1. The summed E-state index contributed by atoms with van der Waals surface area (Å²) >= 11 is 0. The first kappa shape index (κ1) is 13.6. The van der Waals surface area contributed by atoms with Gasteiger partial charge in [0, 0.05) is 5.39 Å². The number of rotatable bonds is 5. The van der Waals surface area contributed by atoms with Crippen LogP contribution in [0.25, 0.3) is 11.0 Å². The number of hydrogen-bond donors (Lipinski definition) is 1. The summed E-state index contributed by atoms with van der Waals surface area (Å²) in [5.41, 5.74) is 1.40. The predicted octanol–water partition coefficient (Wildman–Crippen LogP) is 1.90. The maximum Gasteiger partial charge on any atom is 0.220 e. The number of furan rings is 1. The summed E-state index contributed by atoms with van der Waals surface area (Å²) in [5, 5.41) is 2.85. The average Bonchev–Trinajstić information content (AvgIpc) is 2.70. The van der Waals surface area contributed by atoms with E-state index >= 15 is 0 Å². The fourth-order valence-electron chi connectivity index (χ4n) is 2.12. The van der Waals surface area contributed by atoms with Crippen molar-refractivity contribution >= 4 is 16.8 Å². The molecule has 1 aromatic carbocycles. The van der Waals surface area contributed by atoms with E-state index in [0.717, 1.165) is 16.7 Å². The van der Waals surface area contributed by atoms with E-state index < -0.39 is 0 Å². The molecule has 4 nitrogen and oxygen atoms in total. The van der Waals surface area contributed by atoms with Gasteiger partial charge in [-0.1, -0.05) is 0 Å². The summed E-state index contributed by atoms with van der Waals surface area (Å²) in [6, 6.07) is 5.93. The summed E-state index contributed by atoms with van der Waals surface area (Å²) < 4.78 is 10.8. The molecule has 0 saturated heterocycles. The van der Waals surface area contributed by atoms with Crippen molar-refractivity contribution in [3.63, 3.8) is 0 Å². The van der Waals surface area contributed by atoms with Crippen LogP contribution in [-0.4, -0.2) is 25.5 Å². The highest BCUT2D eigenvalue weighted by Gasteiger charge is 2.20. The standard InChI is InChI=1S/C15H19NO3/c1-9(2)16-8-13(17)15-10(3)19-14-6-5-11(18-4)7-12(14)15/h5-7,9,16H,8H2,1-4H3/p+1. The minimum absolute atomic E-state index is 0.0956. The third-order valence-electron chi connectivity index (χ3n) is 3.12. The van der Waals surface area contributed by atoms with Crippen LogP contribution in [0.3, 0.4) is 0 Å². The van der Waals surface area contributed by atoms with Crippen molar-refractivity contribution in [2.75, 3.05) is 13.7 Å². The fraction of sp³-hybridized carbons (Fsp3) is 0.400. The third kappa shape index (κ3) is 2.79. The van der Waals surface area contributed by atoms with E-state index in [0.29, 0.717) is 23.9 Å². The van der Waals surface area contributed by atoms with Crippen molar-refractivity contribution in [3.05, 3.63) is 29.5 Å². The predicted molar refractivity (Wildman–Crippen MR) is 73.8 cm³/mol. The Bertz CT molecular complexity index is 599. The highest BCUT2D eigenvalue weighted by Crippen LogP contribution is 2.29. The maximum absolute atomic E-state index is 12.3. The lowest BCUT2D eigenvalue weighted by Crippen LogP contribution is -2.89. The quantitative estimate of drug-likeness (QED) is 0.837. The molecule has 0 fully saturated rings. The highest BCUT2D eigenvalue weighted by atomic mass is 16.5. The van der Waals surface area contributed by atoms with Crippen LogP contribution in [-0.2, 0) is 0 Å². The molecule has 0 aliphatic heterocycles. The van der Waals surface area contributed by atoms with Gasteiger partial charge in [0.05, 0.1) is 18.7 Å². The molecule has 2 aromatic rings. The molecule has 1 aromatic heterocycles. The molecule has 0 radical (unpaired) electrons. The topological polar surface area (TPSA) is 56.0 Å². The largest absolute Gasteiger partial charge is 0.497 e. The number of carbonyl (C=O) groups excluding carboxylic acids is 1. The van der Waals surface area contributed by atoms with Gasteiger partial charge in [0.25, 0.3) is 0 Å². The number of methoxy groups -OCH3 is 1. The zero-order valence-electron chi connectivity index (χ0n) is 11.8. The van der Waals surface area contributed by atoms with Crippen LogP contribution in [0.4, 0.5) is 0 Å². The lowest BCUT2D eigenvalue weighted by atomic mass is 10.1. The van der Waals surface area contributed by atoms with Gasteiger partial charge in [0.15, 0.2) is 0 Å². The highest BCUT2D eigenvalue weighted by molar-refractivity contribution is 6.09. The lowest BCUT2D eigenvalue weighted by molar-refractivity contribution is -0.671. The van der Waals surface area contributed by atoms with Gasteiger partial charge < -0.3 is 14.5 Å². The Morgan fingerprint density at radius 2 is 2.16 bits per heavy atom. The fourth-order valence-corrected chi connectivity index (χ4v) is 2.12. The van der Waals surface area contributed by atoms with Gasteiger partial charge in [-0.25, -0.2) is 0 Å². The minimum Gasteiger partial charge on any atom is -0.497 e. The first-order valence-corrected chi connectivity index (χ1v) is 6.46. The van der Waals surface area contributed by atoms with Crippen molar-refractivity contribution < 1.29 is 19.3 Å². The molecule has 0 atom stereocenters. The summed E-state index contributed by atoms with van der Waals surface area (Å²) in [6.07, 6.45) is 0. The van der Waals surface area contributed by atoms with Gasteiger partial charge in [0.2, 0.25) is 5.78 Å². The monoisotopic (exact) mass is 262 g/mol. The molecule has 0 amide bonds. The Hall–Kier alpha value is -1.81. The molecular weight excluding hydrogens is 242 g/mol. The lowest BCUT2D eigenvalue weighted by Gasteiger charge is -2.04. The number of carbonyl (C=O) groups is 1. The van der Waals surface area contributed by atoms with Crippen LogP contribution >= 0.6 is 0 Å². The molecule has 0 unspecified atom stereocenters. The second-order valence-corrected chi connectivity index (χ2v) is 5.00. The minimum atomic E-state index is 0.0956. The molecule has 0 aliphatic rings. The zero-order valence-corrected chi connectivity index (χ0v) is 11.8. The molecule has 0 saturated carbocycles. The number of quaternary nitrogens is 1. The van der Waals surface area contributed by atoms with Gasteiger partial charge in [-0.3, -0.25) is 4.79 Å². The number of fused-ring (bicyclic) bond motifs is 1. The number of ether oxygens (including phenoxy) is 1. The van der Waals surface area contributed by atoms with Crippen LogP contribution < -0.4 is 10.1 Å².